The molecule has 146 valence electrons. The van der Waals surface area contributed by atoms with Crippen molar-refractivity contribution in [2.45, 2.75) is 64.7 Å². The van der Waals surface area contributed by atoms with Crippen molar-refractivity contribution in [2.75, 3.05) is 13.1 Å². The number of carbonyl (C=O) groups is 2. The normalized spacial score (nSPS) is 19.4. The van der Waals surface area contributed by atoms with Crippen molar-refractivity contribution in [1.29, 1.82) is 0 Å². The maximum atomic E-state index is 12.6. The largest absolute Gasteiger partial charge is 0.522 e. The third-order valence-electron chi connectivity index (χ3n) is 5.29. The number of hydrazine groups is 1. The van der Waals surface area contributed by atoms with E-state index in [0.717, 1.165) is 62.6 Å². The summed E-state index contributed by atoms with van der Waals surface area (Å²) in [6, 6.07) is 5.78. The van der Waals surface area contributed by atoms with Crippen molar-refractivity contribution < 1.29 is 14.2 Å². The van der Waals surface area contributed by atoms with Gasteiger partial charge in [0.1, 0.15) is 0 Å². The second kappa shape index (κ2) is 9.79. The van der Waals surface area contributed by atoms with Gasteiger partial charge < -0.3 is 9.88 Å². The van der Waals surface area contributed by atoms with E-state index < -0.39 is 7.05 Å². The van der Waals surface area contributed by atoms with Gasteiger partial charge in [-0.3, -0.25) is 10.2 Å². The topological polar surface area (TPSA) is 70.7 Å². The van der Waals surface area contributed by atoms with Gasteiger partial charge in [-0.1, -0.05) is 43.0 Å². The summed E-state index contributed by atoms with van der Waals surface area (Å²) in [4.78, 5) is 24.8. The van der Waals surface area contributed by atoms with Gasteiger partial charge in [0, 0.05) is 19.5 Å². The molecule has 1 saturated heterocycles. The Morgan fingerprint density at radius 1 is 1.04 bits per heavy atom. The van der Waals surface area contributed by atoms with Crippen molar-refractivity contribution >= 4 is 24.5 Å². The standard InChI is InChI=1S/C20H30BN3O3/c1-16-11-12-18-17(15-16)9-5-4-6-10-19(25)27-21(18)22-20(26)23-24-13-7-2-3-8-14-24/h11-12,15H,2-10,13-14H2,1H3,(H2,22,23,26). The van der Waals surface area contributed by atoms with E-state index in [1.807, 2.05) is 17.1 Å². The molecule has 2 heterocycles. The summed E-state index contributed by atoms with van der Waals surface area (Å²) in [5, 5.41) is 4.83. The molecule has 2 amide bonds. The molecule has 0 aliphatic carbocycles. The van der Waals surface area contributed by atoms with E-state index in [1.54, 1.807) is 0 Å². The van der Waals surface area contributed by atoms with E-state index in [2.05, 4.69) is 23.6 Å². The van der Waals surface area contributed by atoms with Gasteiger partial charge in [0.15, 0.2) is 0 Å². The summed E-state index contributed by atoms with van der Waals surface area (Å²) in [5.41, 5.74) is 6.11. The molecule has 2 aliphatic rings. The second-order valence-corrected chi connectivity index (χ2v) is 7.62. The number of urea groups is 1. The van der Waals surface area contributed by atoms with Crippen molar-refractivity contribution in [1.82, 2.24) is 15.7 Å². The Balaban J connectivity index is 1.74. The number of nitrogens with one attached hydrogen (secondary N) is 2. The van der Waals surface area contributed by atoms with Crippen LogP contribution in [0.2, 0.25) is 0 Å². The molecule has 0 atom stereocenters. The molecule has 27 heavy (non-hydrogen) atoms. The fraction of sp³-hybridized carbons (Fsp3) is 0.600. The highest BCUT2D eigenvalue weighted by molar-refractivity contribution is 6.69. The first-order valence-electron chi connectivity index (χ1n) is 10.2. The highest BCUT2D eigenvalue weighted by Crippen LogP contribution is 2.13. The van der Waals surface area contributed by atoms with Crippen LogP contribution in [0.25, 0.3) is 0 Å². The lowest BCUT2D eigenvalue weighted by Gasteiger charge is -2.24. The summed E-state index contributed by atoms with van der Waals surface area (Å²) < 4.78 is 5.65. The zero-order valence-electron chi connectivity index (χ0n) is 16.3. The van der Waals surface area contributed by atoms with Crippen LogP contribution in [-0.2, 0) is 15.9 Å². The Bertz CT molecular complexity index is 660. The van der Waals surface area contributed by atoms with Crippen LogP contribution in [0.3, 0.4) is 0 Å². The fourth-order valence-electron chi connectivity index (χ4n) is 3.81. The van der Waals surface area contributed by atoms with Gasteiger partial charge in [-0.25, -0.2) is 9.80 Å². The maximum Gasteiger partial charge on any atom is 0.522 e. The summed E-state index contributed by atoms with van der Waals surface area (Å²) in [6.07, 6.45) is 8.77. The van der Waals surface area contributed by atoms with Gasteiger partial charge in [0.2, 0.25) is 0 Å². The Morgan fingerprint density at radius 2 is 1.74 bits per heavy atom. The third-order valence-corrected chi connectivity index (χ3v) is 5.29. The van der Waals surface area contributed by atoms with Gasteiger partial charge in [-0.05, 0) is 50.1 Å². The van der Waals surface area contributed by atoms with E-state index in [0.29, 0.717) is 6.42 Å². The number of nitrogens with zero attached hydrogens (tertiary/aromatic N) is 1. The molecular weight excluding hydrogens is 341 g/mol. The van der Waals surface area contributed by atoms with Crippen LogP contribution in [0.4, 0.5) is 4.79 Å². The van der Waals surface area contributed by atoms with Crippen LogP contribution in [0.5, 0.6) is 0 Å². The molecule has 0 spiro atoms. The van der Waals surface area contributed by atoms with Gasteiger partial charge in [0.05, 0.1) is 0 Å². The van der Waals surface area contributed by atoms with E-state index in [9.17, 15) is 9.59 Å². The molecule has 2 N–H and O–H groups in total. The summed E-state index contributed by atoms with van der Waals surface area (Å²) in [6.45, 7) is 3.76. The molecule has 0 aromatic heterocycles. The molecule has 2 aliphatic heterocycles. The van der Waals surface area contributed by atoms with Crippen LogP contribution >= 0.6 is 0 Å². The monoisotopic (exact) mass is 371 g/mol. The minimum Gasteiger partial charge on any atom is -0.511 e. The number of aryl methyl sites for hydroxylation is 2. The van der Waals surface area contributed by atoms with Crippen LogP contribution < -0.4 is 16.1 Å². The average Bonchev–Trinajstić information content (AvgIpc) is 2.89. The van der Waals surface area contributed by atoms with Gasteiger partial charge >= 0.3 is 13.1 Å². The Hall–Kier alpha value is -2.02. The number of hydrogen-bond donors (Lipinski definition) is 2. The van der Waals surface area contributed by atoms with Crippen LogP contribution in [0.1, 0.15) is 62.5 Å². The van der Waals surface area contributed by atoms with Gasteiger partial charge in [0.25, 0.3) is 5.97 Å². The van der Waals surface area contributed by atoms with Crippen LogP contribution in [0, 0.1) is 6.92 Å². The SMILES string of the molecule is Cc1ccc2c(c1)CCCCCC(=O)OB2NC(=O)NN1CCCCCC1. The van der Waals surface area contributed by atoms with Gasteiger partial charge in [-0.15, -0.1) is 0 Å². The highest BCUT2D eigenvalue weighted by atomic mass is 16.5. The first-order chi connectivity index (χ1) is 13.1. The summed E-state index contributed by atoms with van der Waals surface area (Å²) in [5.74, 6) is -0.261. The predicted molar refractivity (Wildman–Crippen MR) is 107 cm³/mol. The minimum absolute atomic E-state index is 0.261. The molecule has 0 saturated carbocycles. The zero-order chi connectivity index (χ0) is 19.1. The summed E-state index contributed by atoms with van der Waals surface area (Å²) in [7, 11) is -0.752. The van der Waals surface area contributed by atoms with Crippen molar-refractivity contribution in [3.63, 3.8) is 0 Å². The van der Waals surface area contributed by atoms with Crippen LogP contribution in [0.15, 0.2) is 18.2 Å². The first kappa shape index (κ1) is 19.7. The second-order valence-electron chi connectivity index (χ2n) is 7.62. The number of hydrogen-bond acceptors (Lipinski definition) is 4. The molecule has 1 aromatic rings. The molecule has 0 bridgehead atoms. The molecule has 6 nitrogen and oxygen atoms in total. The summed E-state index contributed by atoms with van der Waals surface area (Å²) >= 11 is 0. The Kier molecular flexibility index (Phi) is 7.15. The lowest BCUT2D eigenvalue weighted by atomic mass is 9.69. The molecule has 1 aromatic carbocycles. The van der Waals surface area contributed by atoms with Crippen molar-refractivity contribution in [3.05, 3.63) is 29.3 Å². The molecule has 1 fully saturated rings. The molecule has 0 radical (unpaired) electrons. The number of benzene rings is 1. The van der Waals surface area contributed by atoms with Crippen molar-refractivity contribution in [3.8, 4) is 0 Å². The third kappa shape index (κ3) is 5.99. The van der Waals surface area contributed by atoms with E-state index in [4.69, 9.17) is 4.65 Å². The van der Waals surface area contributed by atoms with Crippen LogP contribution in [-0.4, -0.2) is 37.1 Å². The quantitative estimate of drug-likeness (QED) is 0.784. The van der Waals surface area contributed by atoms with E-state index in [1.165, 1.54) is 18.4 Å². The smallest absolute Gasteiger partial charge is 0.511 e. The Morgan fingerprint density at radius 3 is 2.52 bits per heavy atom. The number of amides is 2. The maximum absolute atomic E-state index is 12.6. The zero-order valence-corrected chi connectivity index (χ0v) is 16.3. The number of fused-ring (bicyclic) bond motifs is 1. The first-order valence-corrected chi connectivity index (χ1v) is 10.2. The molecule has 7 heteroatoms. The van der Waals surface area contributed by atoms with Gasteiger partial charge in [-0.2, -0.15) is 0 Å². The van der Waals surface area contributed by atoms with Crippen molar-refractivity contribution in [2.24, 2.45) is 0 Å². The van der Waals surface area contributed by atoms with E-state index >= 15 is 0 Å². The minimum atomic E-state index is -0.752. The molecule has 0 unspecified atom stereocenters. The average molecular weight is 371 g/mol. The molecule has 3 rings (SSSR count). The Labute approximate surface area is 162 Å². The predicted octanol–water partition coefficient (Wildman–Crippen LogP) is 2.44. The van der Waals surface area contributed by atoms with E-state index in [-0.39, 0.29) is 12.0 Å². The molecular formula is C20H30BN3O3. The number of carbonyl (C=O) groups excluding carboxylic acids is 2. The lowest BCUT2D eigenvalue weighted by Crippen LogP contribution is -2.58. The lowest BCUT2D eigenvalue weighted by molar-refractivity contribution is -0.134. The highest BCUT2D eigenvalue weighted by Gasteiger charge is 2.30. The fourth-order valence-corrected chi connectivity index (χ4v) is 3.81. The number of rotatable bonds is 2.